The number of anilines is 3. The van der Waals surface area contributed by atoms with E-state index in [2.05, 4.69) is 133 Å². The van der Waals surface area contributed by atoms with Crippen molar-refractivity contribution in [3.8, 4) is 44.5 Å². The molecule has 0 radical (unpaired) electrons. The highest BCUT2D eigenvalue weighted by Gasteiger charge is 2.46. The summed E-state index contributed by atoms with van der Waals surface area (Å²) >= 11 is 0. The molecule has 0 saturated carbocycles. The van der Waals surface area contributed by atoms with Gasteiger partial charge in [-0.1, -0.05) is 212 Å². The van der Waals surface area contributed by atoms with Gasteiger partial charge < -0.3 is 4.90 Å². The van der Waals surface area contributed by atoms with Crippen LogP contribution in [0.25, 0.3) is 66.1 Å². The lowest BCUT2D eigenvalue weighted by molar-refractivity contribution is 0.768. The third-order valence-electron chi connectivity index (χ3n) is 12.9. The van der Waals surface area contributed by atoms with Crippen LogP contribution in [0.2, 0.25) is 0 Å². The van der Waals surface area contributed by atoms with E-state index in [1.54, 1.807) is 0 Å². The second-order valence-corrected chi connectivity index (χ2v) is 16.4. The monoisotopic (exact) mass is 818 g/mol. The van der Waals surface area contributed by atoms with Crippen LogP contribution in [0.3, 0.4) is 0 Å². The number of hydrogen-bond acceptors (Lipinski definition) is 1. The molecule has 64 heavy (non-hydrogen) atoms. The topological polar surface area (TPSA) is 3.24 Å². The maximum absolute atomic E-state index is 9.99. The minimum absolute atomic E-state index is 0.103. The molecule has 0 saturated heterocycles. The Kier molecular flexibility index (Phi) is 7.90. The van der Waals surface area contributed by atoms with E-state index in [4.69, 9.17) is 0 Å². The first-order chi connectivity index (χ1) is 33.8. The van der Waals surface area contributed by atoms with Crippen molar-refractivity contribution in [3.05, 3.63) is 283 Å². The van der Waals surface area contributed by atoms with Crippen LogP contribution < -0.4 is 4.90 Å². The Morgan fingerprint density at radius 3 is 1.55 bits per heavy atom. The predicted molar refractivity (Wildman–Crippen MR) is 270 cm³/mol. The van der Waals surface area contributed by atoms with Gasteiger partial charge in [0.25, 0.3) is 0 Å². The van der Waals surface area contributed by atoms with E-state index in [0.717, 1.165) is 66.4 Å². The summed E-state index contributed by atoms with van der Waals surface area (Å²) in [6, 6.07) is 77.8. The smallest absolute Gasteiger partial charge is 0.0714 e. The third kappa shape index (κ3) is 6.16. The van der Waals surface area contributed by atoms with Gasteiger partial charge in [-0.25, -0.2) is 0 Å². The van der Waals surface area contributed by atoms with Crippen LogP contribution in [0.1, 0.15) is 29.1 Å². The fourth-order valence-corrected chi connectivity index (χ4v) is 10.00. The molecule has 0 atom stereocenters. The molecule has 11 aromatic rings. The Balaban J connectivity index is 1.10. The van der Waals surface area contributed by atoms with E-state index in [1.165, 1.54) is 0 Å². The van der Waals surface area contributed by atoms with E-state index in [-0.39, 0.29) is 41.5 Å². The van der Waals surface area contributed by atoms with Gasteiger partial charge in [-0.3, -0.25) is 0 Å². The molecular weight excluding hydrogens is 771 g/mol. The molecule has 0 bridgehead atoms. The Hall–Kier alpha value is -8.26. The fourth-order valence-electron chi connectivity index (χ4n) is 10.00. The normalized spacial score (nSPS) is 13.6. The molecular formula is C63H43N. The Labute approximate surface area is 381 Å². The summed E-state index contributed by atoms with van der Waals surface area (Å²) in [4.78, 5) is 1.89. The van der Waals surface area contributed by atoms with Crippen molar-refractivity contribution in [3.63, 3.8) is 0 Å². The second kappa shape index (κ2) is 15.6. The van der Waals surface area contributed by atoms with Crippen LogP contribution in [0.4, 0.5) is 17.1 Å². The van der Waals surface area contributed by atoms with Gasteiger partial charge in [-0.15, -0.1) is 0 Å². The Morgan fingerprint density at radius 2 is 0.844 bits per heavy atom. The number of rotatable bonds is 8. The maximum Gasteiger partial charge on any atom is 0.0714 e. The highest BCUT2D eigenvalue weighted by atomic mass is 15.1. The first-order valence-corrected chi connectivity index (χ1v) is 21.8. The molecule has 300 valence electrons. The van der Waals surface area contributed by atoms with E-state index in [1.807, 2.05) is 102 Å². The van der Waals surface area contributed by atoms with Gasteiger partial charge >= 0.3 is 0 Å². The standard InChI is InChI=1S/C63H43N/c1-4-17-44(18-5-1)47-20-16-21-48(41-47)45-31-35-52(36-32-45)64(53-37-33-46(34-38-53)60-42-49-19-10-11-26-55(49)56-27-12-13-28-57(56)60)54-39-40-59-58-29-14-15-30-61(58)63(62(59)43-54,50-22-6-2-7-23-50)51-24-8-3-9-25-51/h1-43H/i33D,34D,37D,38D,42D. The number of hydrogen-bond donors (Lipinski definition) is 0. The van der Waals surface area contributed by atoms with Crippen molar-refractivity contribution in [1.82, 2.24) is 0 Å². The van der Waals surface area contributed by atoms with Crippen molar-refractivity contribution in [1.29, 1.82) is 0 Å². The Morgan fingerprint density at radius 1 is 0.312 bits per heavy atom. The van der Waals surface area contributed by atoms with Crippen LogP contribution in [0, 0.1) is 0 Å². The molecule has 0 aromatic heterocycles. The van der Waals surface area contributed by atoms with Crippen LogP contribution in [-0.4, -0.2) is 0 Å². The zero-order chi connectivity index (χ0) is 46.8. The van der Waals surface area contributed by atoms with Gasteiger partial charge in [-0.05, 0) is 137 Å². The summed E-state index contributed by atoms with van der Waals surface area (Å²) in [6.07, 6.45) is 0. The zero-order valence-electron chi connectivity index (χ0n) is 39.9. The molecule has 0 spiro atoms. The highest BCUT2D eigenvalue weighted by Crippen LogP contribution is 2.57. The summed E-state index contributed by atoms with van der Waals surface area (Å²) in [7, 11) is 0. The fraction of sp³-hybridized carbons (Fsp3) is 0.0159. The second-order valence-electron chi connectivity index (χ2n) is 16.4. The van der Waals surface area contributed by atoms with Crippen molar-refractivity contribution in [2.24, 2.45) is 0 Å². The van der Waals surface area contributed by atoms with Crippen LogP contribution in [-0.2, 0) is 5.41 Å². The molecule has 11 aromatic carbocycles. The van der Waals surface area contributed by atoms with Crippen molar-refractivity contribution >= 4 is 38.6 Å². The molecule has 12 rings (SSSR count). The maximum atomic E-state index is 9.99. The lowest BCUT2D eigenvalue weighted by atomic mass is 9.67. The van der Waals surface area contributed by atoms with E-state index in [9.17, 15) is 6.85 Å². The van der Waals surface area contributed by atoms with E-state index >= 15 is 0 Å². The predicted octanol–water partition coefficient (Wildman–Crippen LogP) is 16.8. The lowest BCUT2D eigenvalue weighted by Crippen LogP contribution is -2.28. The SMILES string of the molecule is [2H]c1c([2H])c(N(c2ccc(-c3cccc(-c4ccccc4)c3)cc2)c2ccc3c(c2)C(c2ccccc2)(c2ccccc2)c2ccccc2-3)c([2H])c([2H])c1-c1c([2H])c2ccccc2c2ccccc12. The van der Waals surface area contributed by atoms with Gasteiger partial charge in [-0.2, -0.15) is 0 Å². The molecule has 0 aliphatic heterocycles. The van der Waals surface area contributed by atoms with Crippen LogP contribution in [0.5, 0.6) is 0 Å². The number of benzene rings is 11. The molecule has 0 unspecified atom stereocenters. The summed E-state index contributed by atoms with van der Waals surface area (Å²) in [5.74, 6) is 0. The van der Waals surface area contributed by atoms with Gasteiger partial charge in [0, 0.05) is 17.1 Å². The van der Waals surface area contributed by atoms with Gasteiger partial charge in [0.05, 0.1) is 12.3 Å². The summed E-state index contributed by atoms with van der Waals surface area (Å²) in [5, 5.41) is 3.17. The van der Waals surface area contributed by atoms with E-state index in [0.29, 0.717) is 27.7 Å². The third-order valence-corrected chi connectivity index (χ3v) is 12.9. The first kappa shape index (κ1) is 32.5. The van der Waals surface area contributed by atoms with Crippen molar-refractivity contribution in [2.45, 2.75) is 5.41 Å². The van der Waals surface area contributed by atoms with Crippen molar-refractivity contribution in [2.75, 3.05) is 4.90 Å². The van der Waals surface area contributed by atoms with Crippen LogP contribution in [0.15, 0.2) is 261 Å². The molecule has 0 heterocycles. The first-order valence-electron chi connectivity index (χ1n) is 24.3. The number of nitrogens with zero attached hydrogens (tertiary/aromatic N) is 1. The summed E-state index contributed by atoms with van der Waals surface area (Å²) in [5.41, 5.74) is 12.1. The quantitative estimate of drug-likeness (QED) is 0.138. The summed E-state index contributed by atoms with van der Waals surface area (Å²) in [6.45, 7) is 0. The Bertz CT molecular complexity index is 3710. The molecule has 0 N–H and O–H groups in total. The minimum Gasteiger partial charge on any atom is -0.310 e. The molecule has 1 aliphatic rings. The molecule has 1 aliphatic carbocycles. The largest absolute Gasteiger partial charge is 0.310 e. The lowest BCUT2D eigenvalue weighted by Gasteiger charge is -2.35. The van der Waals surface area contributed by atoms with E-state index < -0.39 is 5.41 Å². The molecule has 1 heteroatoms. The average Bonchev–Trinajstić information content (AvgIpc) is 3.71. The van der Waals surface area contributed by atoms with Gasteiger partial charge in [0.2, 0.25) is 0 Å². The van der Waals surface area contributed by atoms with Crippen molar-refractivity contribution < 1.29 is 6.85 Å². The molecule has 0 amide bonds. The molecule has 0 fully saturated rings. The minimum atomic E-state index is -0.718. The highest BCUT2D eigenvalue weighted by molar-refractivity contribution is 6.13. The summed E-state index contributed by atoms with van der Waals surface area (Å²) < 4.78 is 49.2. The van der Waals surface area contributed by atoms with Gasteiger partial charge in [0.1, 0.15) is 0 Å². The zero-order valence-corrected chi connectivity index (χ0v) is 34.9. The number of fused-ring (bicyclic) bond motifs is 6. The van der Waals surface area contributed by atoms with Crippen LogP contribution >= 0.6 is 0 Å². The average molecular weight is 819 g/mol. The van der Waals surface area contributed by atoms with Gasteiger partial charge in [0.15, 0.2) is 0 Å². The molecule has 1 nitrogen and oxygen atoms in total.